The van der Waals surface area contributed by atoms with Gasteiger partial charge >= 0.3 is 0 Å². The molecule has 2 aliphatic carbocycles. The molecular weight excluding hydrogens is 190 g/mol. The Kier molecular flexibility index (Phi) is 3.65. The fourth-order valence-corrected chi connectivity index (χ4v) is 2.77. The van der Waals surface area contributed by atoms with Crippen LogP contribution in [-0.2, 0) is 4.74 Å². The number of aliphatic hydroxyl groups excluding tert-OH is 1. The van der Waals surface area contributed by atoms with Crippen molar-refractivity contribution in [1.82, 2.24) is 0 Å². The first-order valence-corrected chi connectivity index (χ1v) is 6.28. The highest BCUT2D eigenvalue weighted by atomic mass is 16.5. The molecule has 0 saturated heterocycles. The van der Waals surface area contributed by atoms with Crippen molar-refractivity contribution in [2.45, 2.75) is 69.1 Å². The zero-order chi connectivity index (χ0) is 10.7. The van der Waals surface area contributed by atoms with Gasteiger partial charge < -0.3 is 15.6 Å². The Bertz CT molecular complexity index is 202. The monoisotopic (exact) mass is 213 g/mol. The molecule has 0 heterocycles. The summed E-state index contributed by atoms with van der Waals surface area (Å²) in [7, 11) is 0. The van der Waals surface area contributed by atoms with Gasteiger partial charge in [0.25, 0.3) is 0 Å². The predicted molar refractivity (Wildman–Crippen MR) is 59.6 cm³/mol. The van der Waals surface area contributed by atoms with Gasteiger partial charge in [0, 0.05) is 5.54 Å². The SMILES string of the molecule is NC1(COC2CCCC2O)CCCCC1. The summed E-state index contributed by atoms with van der Waals surface area (Å²) in [5.41, 5.74) is 6.17. The fourth-order valence-electron chi connectivity index (χ4n) is 2.77. The summed E-state index contributed by atoms with van der Waals surface area (Å²) < 4.78 is 5.78. The lowest BCUT2D eigenvalue weighted by molar-refractivity contribution is -0.0425. The highest BCUT2D eigenvalue weighted by Gasteiger charge is 2.32. The van der Waals surface area contributed by atoms with Crippen molar-refractivity contribution >= 4 is 0 Å². The Morgan fingerprint density at radius 2 is 1.87 bits per heavy atom. The van der Waals surface area contributed by atoms with Gasteiger partial charge in [0.05, 0.1) is 18.8 Å². The second-order valence-corrected chi connectivity index (χ2v) is 5.27. The first-order valence-electron chi connectivity index (χ1n) is 6.28. The van der Waals surface area contributed by atoms with Gasteiger partial charge in [0.15, 0.2) is 0 Å². The van der Waals surface area contributed by atoms with E-state index in [1.165, 1.54) is 19.3 Å². The number of ether oxygens (including phenoxy) is 1. The molecule has 0 spiro atoms. The van der Waals surface area contributed by atoms with Crippen molar-refractivity contribution < 1.29 is 9.84 Å². The van der Waals surface area contributed by atoms with Gasteiger partial charge in [-0.25, -0.2) is 0 Å². The molecule has 15 heavy (non-hydrogen) atoms. The molecule has 0 aliphatic heterocycles. The lowest BCUT2D eigenvalue weighted by Gasteiger charge is -2.34. The molecule has 3 nitrogen and oxygen atoms in total. The zero-order valence-electron chi connectivity index (χ0n) is 9.45. The summed E-state index contributed by atoms with van der Waals surface area (Å²) in [6, 6.07) is 0. The first kappa shape index (κ1) is 11.4. The number of aliphatic hydroxyl groups is 1. The minimum absolute atomic E-state index is 0.0485. The fraction of sp³-hybridized carbons (Fsp3) is 1.00. The Morgan fingerprint density at radius 1 is 1.13 bits per heavy atom. The maximum absolute atomic E-state index is 9.64. The number of rotatable bonds is 3. The quantitative estimate of drug-likeness (QED) is 0.748. The van der Waals surface area contributed by atoms with E-state index in [2.05, 4.69) is 0 Å². The molecule has 0 aromatic carbocycles. The molecule has 0 bridgehead atoms. The molecule has 2 aliphatic rings. The summed E-state index contributed by atoms with van der Waals surface area (Å²) in [4.78, 5) is 0. The van der Waals surface area contributed by atoms with Crippen molar-refractivity contribution in [2.75, 3.05) is 6.61 Å². The summed E-state index contributed by atoms with van der Waals surface area (Å²) in [5.74, 6) is 0. The predicted octanol–water partition coefficient (Wildman–Crippen LogP) is 1.58. The molecule has 3 heteroatoms. The van der Waals surface area contributed by atoms with E-state index in [9.17, 15) is 5.11 Å². The third-order valence-electron chi connectivity index (χ3n) is 3.85. The van der Waals surface area contributed by atoms with E-state index in [1.54, 1.807) is 0 Å². The van der Waals surface area contributed by atoms with Gasteiger partial charge in [0.1, 0.15) is 0 Å². The molecule has 0 aromatic heterocycles. The second kappa shape index (κ2) is 4.81. The molecule has 2 rings (SSSR count). The molecule has 2 saturated carbocycles. The van der Waals surface area contributed by atoms with Gasteiger partial charge in [-0.05, 0) is 32.1 Å². The van der Waals surface area contributed by atoms with Gasteiger partial charge in [-0.15, -0.1) is 0 Å². The third kappa shape index (κ3) is 2.92. The van der Waals surface area contributed by atoms with Crippen molar-refractivity contribution in [1.29, 1.82) is 0 Å². The van der Waals surface area contributed by atoms with Gasteiger partial charge in [-0.3, -0.25) is 0 Å². The molecule has 2 atom stereocenters. The average Bonchev–Trinajstić information content (AvgIpc) is 2.62. The van der Waals surface area contributed by atoms with Crippen molar-refractivity contribution in [3.63, 3.8) is 0 Å². The van der Waals surface area contributed by atoms with E-state index in [-0.39, 0.29) is 17.7 Å². The second-order valence-electron chi connectivity index (χ2n) is 5.27. The van der Waals surface area contributed by atoms with E-state index in [4.69, 9.17) is 10.5 Å². The van der Waals surface area contributed by atoms with Crippen molar-refractivity contribution in [3.05, 3.63) is 0 Å². The standard InChI is InChI=1S/C12H23NO2/c13-12(7-2-1-3-8-12)9-15-11-6-4-5-10(11)14/h10-11,14H,1-9,13H2. The lowest BCUT2D eigenvalue weighted by atomic mass is 9.83. The van der Waals surface area contributed by atoms with Crippen LogP contribution in [0.5, 0.6) is 0 Å². The highest BCUT2D eigenvalue weighted by molar-refractivity contribution is 4.88. The summed E-state index contributed by atoms with van der Waals surface area (Å²) in [5, 5.41) is 9.64. The van der Waals surface area contributed by atoms with Crippen LogP contribution in [0.15, 0.2) is 0 Å². The summed E-state index contributed by atoms with van der Waals surface area (Å²) in [6.45, 7) is 0.634. The van der Waals surface area contributed by atoms with Crippen LogP contribution < -0.4 is 5.73 Å². The zero-order valence-corrected chi connectivity index (χ0v) is 9.45. The maximum Gasteiger partial charge on any atom is 0.0834 e. The Hall–Kier alpha value is -0.120. The van der Waals surface area contributed by atoms with Crippen molar-refractivity contribution in [2.24, 2.45) is 5.73 Å². The van der Waals surface area contributed by atoms with Crippen molar-refractivity contribution in [3.8, 4) is 0 Å². The number of hydrogen-bond acceptors (Lipinski definition) is 3. The molecule has 2 fully saturated rings. The summed E-state index contributed by atoms with van der Waals surface area (Å²) >= 11 is 0. The normalized spacial score (nSPS) is 35.6. The Balaban J connectivity index is 1.76. The molecule has 0 radical (unpaired) electrons. The molecule has 0 aromatic rings. The van der Waals surface area contributed by atoms with Crippen LogP contribution in [0.4, 0.5) is 0 Å². The smallest absolute Gasteiger partial charge is 0.0834 e. The molecule has 3 N–H and O–H groups in total. The lowest BCUT2D eigenvalue weighted by Crippen LogP contribution is -2.47. The summed E-state index contributed by atoms with van der Waals surface area (Å²) in [6.07, 6.45) is 8.70. The highest BCUT2D eigenvalue weighted by Crippen LogP contribution is 2.28. The Morgan fingerprint density at radius 3 is 2.47 bits per heavy atom. The molecule has 2 unspecified atom stereocenters. The van der Waals surface area contributed by atoms with Crippen LogP contribution in [0, 0.1) is 0 Å². The van der Waals surface area contributed by atoms with Crippen LogP contribution in [-0.4, -0.2) is 29.5 Å². The number of nitrogens with two attached hydrogens (primary N) is 1. The van der Waals surface area contributed by atoms with Crippen LogP contribution in [0.3, 0.4) is 0 Å². The minimum atomic E-state index is -0.253. The molecule has 0 amide bonds. The van der Waals surface area contributed by atoms with Crippen LogP contribution in [0.25, 0.3) is 0 Å². The van der Waals surface area contributed by atoms with Gasteiger partial charge in [-0.2, -0.15) is 0 Å². The molecular formula is C12H23NO2. The molecule has 88 valence electrons. The van der Waals surface area contributed by atoms with Crippen LogP contribution in [0.1, 0.15) is 51.4 Å². The van der Waals surface area contributed by atoms with Crippen LogP contribution >= 0.6 is 0 Å². The maximum atomic E-state index is 9.64. The van der Waals surface area contributed by atoms with Gasteiger partial charge in [-0.1, -0.05) is 19.3 Å². The first-order chi connectivity index (χ1) is 7.20. The van der Waals surface area contributed by atoms with Gasteiger partial charge in [0.2, 0.25) is 0 Å². The Labute approximate surface area is 92.0 Å². The van der Waals surface area contributed by atoms with E-state index >= 15 is 0 Å². The largest absolute Gasteiger partial charge is 0.390 e. The van der Waals surface area contributed by atoms with E-state index in [0.29, 0.717) is 6.61 Å². The average molecular weight is 213 g/mol. The number of hydrogen-bond donors (Lipinski definition) is 2. The van der Waals surface area contributed by atoms with Crippen LogP contribution in [0.2, 0.25) is 0 Å². The third-order valence-corrected chi connectivity index (χ3v) is 3.85. The van der Waals surface area contributed by atoms with E-state index in [1.807, 2.05) is 0 Å². The van der Waals surface area contributed by atoms with E-state index in [0.717, 1.165) is 32.1 Å². The topological polar surface area (TPSA) is 55.5 Å². The minimum Gasteiger partial charge on any atom is -0.390 e. The van der Waals surface area contributed by atoms with E-state index < -0.39 is 0 Å².